The van der Waals surface area contributed by atoms with Crippen LogP contribution in [0.1, 0.15) is 19.3 Å². The third-order valence-corrected chi connectivity index (χ3v) is 2.35. The summed E-state index contributed by atoms with van der Waals surface area (Å²) in [6, 6.07) is 0.838. The third-order valence-electron chi connectivity index (χ3n) is 2.35. The van der Waals surface area contributed by atoms with Crippen LogP contribution in [-0.2, 0) is 0 Å². The van der Waals surface area contributed by atoms with Gasteiger partial charge in [-0.3, -0.25) is 0 Å². The zero-order valence-corrected chi connectivity index (χ0v) is 5.64. The summed E-state index contributed by atoms with van der Waals surface area (Å²) in [5, 5.41) is 3.51. The van der Waals surface area contributed by atoms with Crippen molar-refractivity contribution in [3.8, 4) is 0 Å². The molecule has 1 N–H and O–H groups in total. The molecule has 2 unspecified atom stereocenters. The summed E-state index contributed by atoms with van der Waals surface area (Å²) in [5.41, 5.74) is 0. The first-order valence-electron chi connectivity index (χ1n) is 3.85. The van der Waals surface area contributed by atoms with Gasteiger partial charge in [0.2, 0.25) is 0 Å². The van der Waals surface area contributed by atoms with Gasteiger partial charge >= 0.3 is 0 Å². The topological polar surface area (TPSA) is 12.0 Å². The van der Waals surface area contributed by atoms with Crippen LogP contribution in [0, 0.1) is 5.92 Å². The van der Waals surface area contributed by atoms with Gasteiger partial charge in [0, 0.05) is 12.6 Å². The number of fused-ring (bicyclic) bond motifs is 2. The van der Waals surface area contributed by atoms with Gasteiger partial charge in [-0.25, -0.2) is 0 Å². The highest BCUT2D eigenvalue weighted by atomic mass is 14.9. The molecule has 0 aromatic rings. The molecule has 2 bridgehead atoms. The molecular formula is C8H13N. The van der Waals surface area contributed by atoms with Crippen LogP contribution in [0.3, 0.4) is 0 Å². The van der Waals surface area contributed by atoms with Crippen molar-refractivity contribution in [1.29, 1.82) is 0 Å². The first kappa shape index (κ1) is 5.48. The van der Waals surface area contributed by atoms with Crippen LogP contribution >= 0.6 is 0 Å². The van der Waals surface area contributed by atoms with E-state index >= 15 is 0 Å². The molecular weight excluding hydrogens is 110 g/mol. The minimum atomic E-state index is 0.838. The lowest BCUT2D eigenvalue weighted by atomic mass is 10.1. The van der Waals surface area contributed by atoms with Crippen molar-refractivity contribution in [1.82, 2.24) is 5.32 Å². The zero-order valence-electron chi connectivity index (χ0n) is 5.64. The SMILES string of the molecule is C1=CC2CNC(CC1)C2. The molecule has 0 aromatic heterocycles. The highest BCUT2D eigenvalue weighted by Gasteiger charge is 2.22. The summed E-state index contributed by atoms with van der Waals surface area (Å²) >= 11 is 0. The predicted molar refractivity (Wildman–Crippen MR) is 38.3 cm³/mol. The number of allylic oxidation sites excluding steroid dienone is 1. The Morgan fingerprint density at radius 2 is 2.44 bits per heavy atom. The highest BCUT2D eigenvalue weighted by Crippen LogP contribution is 2.22. The van der Waals surface area contributed by atoms with E-state index in [0.29, 0.717) is 0 Å². The van der Waals surface area contributed by atoms with Gasteiger partial charge in [-0.2, -0.15) is 0 Å². The Morgan fingerprint density at radius 1 is 1.44 bits per heavy atom. The van der Waals surface area contributed by atoms with Crippen LogP contribution in [-0.4, -0.2) is 12.6 Å². The first-order chi connectivity index (χ1) is 4.45. The quantitative estimate of drug-likeness (QED) is 0.479. The fourth-order valence-corrected chi connectivity index (χ4v) is 1.80. The lowest BCUT2D eigenvalue weighted by Gasteiger charge is -2.05. The molecule has 2 atom stereocenters. The lowest BCUT2D eigenvalue weighted by Crippen LogP contribution is -2.21. The maximum Gasteiger partial charge on any atom is 0.00763 e. The molecule has 50 valence electrons. The minimum absolute atomic E-state index is 0.838. The summed E-state index contributed by atoms with van der Waals surface area (Å²) in [6.45, 7) is 1.22. The molecule has 1 aliphatic heterocycles. The molecule has 1 heteroatoms. The standard InChI is InChI=1S/C8H13N/c1-2-4-8-5-7(3-1)6-9-8/h1,3,7-9H,2,4-6H2. The van der Waals surface area contributed by atoms with Crippen molar-refractivity contribution in [3.63, 3.8) is 0 Å². The van der Waals surface area contributed by atoms with Crippen LogP contribution in [0.2, 0.25) is 0 Å². The molecule has 0 radical (unpaired) electrons. The van der Waals surface area contributed by atoms with Crippen molar-refractivity contribution in [3.05, 3.63) is 12.2 Å². The molecule has 9 heavy (non-hydrogen) atoms. The normalized spacial score (nSPS) is 40.9. The van der Waals surface area contributed by atoms with Gasteiger partial charge < -0.3 is 5.32 Å². The maximum absolute atomic E-state index is 3.51. The van der Waals surface area contributed by atoms with Gasteiger partial charge in [0.1, 0.15) is 0 Å². The Hall–Kier alpha value is -0.300. The van der Waals surface area contributed by atoms with Gasteiger partial charge in [-0.05, 0) is 25.2 Å². The largest absolute Gasteiger partial charge is 0.313 e. The summed E-state index contributed by atoms with van der Waals surface area (Å²) in [4.78, 5) is 0. The Kier molecular flexibility index (Phi) is 1.31. The fourth-order valence-electron chi connectivity index (χ4n) is 1.80. The van der Waals surface area contributed by atoms with E-state index in [9.17, 15) is 0 Å². The van der Waals surface area contributed by atoms with Crippen molar-refractivity contribution < 1.29 is 0 Å². The number of rotatable bonds is 0. The summed E-state index contributed by atoms with van der Waals surface area (Å²) in [6.07, 6.45) is 8.74. The van der Waals surface area contributed by atoms with Gasteiger partial charge in [-0.1, -0.05) is 12.2 Å². The van der Waals surface area contributed by atoms with E-state index < -0.39 is 0 Å². The third kappa shape index (κ3) is 1.01. The first-order valence-corrected chi connectivity index (χ1v) is 3.85. The van der Waals surface area contributed by atoms with Gasteiger partial charge in [0.05, 0.1) is 0 Å². The zero-order chi connectivity index (χ0) is 6.10. The van der Waals surface area contributed by atoms with Crippen LogP contribution in [0.15, 0.2) is 12.2 Å². The minimum Gasteiger partial charge on any atom is -0.313 e. The predicted octanol–water partition coefficient (Wildman–Crippen LogP) is 1.31. The van der Waals surface area contributed by atoms with Crippen LogP contribution < -0.4 is 5.32 Å². The Morgan fingerprint density at radius 3 is 3.44 bits per heavy atom. The van der Waals surface area contributed by atoms with E-state index in [0.717, 1.165) is 12.0 Å². The van der Waals surface area contributed by atoms with E-state index in [1.54, 1.807) is 0 Å². The van der Waals surface area contributed by atoms with E-state index in [4.69, 9.17) is 0 Å². The monoisotopic (exact) mass is 123 g/mol. The van der Waals surface area contributed by atoms with E-state index in [-0.39, 0.29) is 0 Å². The molecule has 1 fully saturated rings. The van der Waals surface area contributed by atoms with Crippen LogP contribution in [0.4, 0.5) is 0 Å². The molecule has 1 nitrogen and oxygen atoms in total. The Labute approximate surface area is 56.1 Å². The smallest absolute Gasteiger partial charge is 0.00763 e. The molecule has 1 heterocycles. The summed E-state index contributed by atoms with van der Waals surface area (Å²) in [5.74, 6) is 0.859. The molecule has 0 saturated carbocycles. The second kappa shape index (κ2) is 2.14. The van der Waals surface area contributed by atoms with Gasteiger partial charge in [0.15, 0.2) is 0 Å². The van der Waals surface area contributed by atoms with E-state index in [1.807, 2.05) is 0 Å². The number of hydrogen-bond donors (Lipinski definition) is 1. The van der Waals surface area contributed by atoms with Crippen LogP contribution in [0.5, 0.6) is 0 Å². The molecule has 1 saturated heterocycles. The molecule has 2 aliphatic rings. The van der Waals surface area contributed by atoms with E-state index in [1.165, 1.54) is 25.8 Å². The van der Waals surface area contributed by atoms with Gasteiger partial charge in [-0.15, -0.1) is 0 Å². The summed E-state index contributed by atoms with van der Waals surface area (Å²) < 4.78 is 0. The van der Waals surface area contributed by atoms with Crippen LogP contribution in [0.25, 0.3) is 0 Å². The maximum atomic E-state index is 3.51. The number of hydrogen-bond acceptors (Lipinski definition) is 1. The highest BCUT2D eigenvalue weighted by molar-refractivity contribution is 4.99. The van der Waals surface area contributed by atoms with Crippen molar-refractivity contribution in [2.75, 3.05) is 6.54 Å². The Balaban J connectivity index is 2.10. The fraction of sp³-hybridized carbons (Fsp3) is 0.750. The van der Waals surface area contributed by atoms with Gasteiger partial charge in [0.25, 0.3) is 0 Å². The van der Waals surface area contributed by atoms with E-state index in [2.05, 4.69) is 17.5 Å². The lowest BCUT2D eigenvalue weighted by molar-refractivity contribution is 0.565. The Bertz CT molecular complexity index is 129. The van der Waals surface area contributed by atoms with Crippen molar-refractivity contribution >= 4 is 0 Å². The second-order valence-electron chi connectivity index (χ2n) is 3.11. The molecule has 1 aliphatic carbocycles. The van der Waals surface area contributed by atoms with Crippen molar-refractivity contribution in [2.24, 2.45) is 5.92 Å². The second-order valence-corrected chi connectivity index (χ2v) is 3.11. The molecule has 0 spiro atoms. The number of nitrogens with one attached hydrogen (secondary N) is 1. The molecule has 0 amide bonds. The van der Waals surface area contributed by atoms with Crippen molar-refractivity contribution in [2.45, 2.75) is 25.3 Å². The average Bonchev–Trinajstić information content (AvgIpc) is 2.09. The molecule has 2 rings (SSSR count). The average molecular weight is 123 g/mol. The summed E-state index contributed by atoms with van der Waals surface area (Å²) in [7, 11) is 0. The molecule has 0 aromatic carbocycles.